The molecule has 0 bridgehead atoms. The highest BCUT2D eigenvalue weighted by Gasteiger charge is 2.39. The number of hydrogen-bond acceptors (Lipinski definition) is 4. The molecule has 0 radical (unpaired) electrons. The first kappa shape index (κ1) is 19.6. The third-order valence-corrected chi connectivity index (χ3v) is 7.33. The van der Waals surface area contributed by atoms with Crippen molar-refractivity contribution < 1.29 is 18.0 Å². The number of carbonyl (C=O) groups excluding carboxylic acids is 2. The number of hydrogen-bond donors (Lipinski definition) is 0. The van der Waals surface area contributed by atoms with Crippen molar-refractivity contribution in [1.29, 1.82) is 0 Å². The first-order chi connectivity index (χ1) is 12.9. The maximum atomic E-state index is 12.9. The summed E-state index contributed by atoms with van der Waals surface area (Å²) in [6.45, 7) is 7.41. The van der Waals surface area contributed by atoms with Gasteiger partial charge in [0.25, 0.3) is 0 Å². The highest BCUT2D eigenvalue weighted by atomic mass is 32.2. The highest BCUT2D eigenvalue weighted by Crippen LogP contribution is 2.26. The molecule has 0 N–H and O–H groups in total. The van der Waals surface area contributed by atoms with Gasteiger partial charge in [0, 0.05) is 38.8 Å². The Morgan fingerprint density at radius 2 is 1.74 bits per heavy atom. The molecule has 2 saturated heterocycles. The largest absolute Gasteiger partial charge is 0.330 e. The molecule has 0 aliphatic carbocycles. The van der Waals surface area contributed by atoms with Crippen LogP contribution in [0.25, 0.3) is 0 Å². The zero-order chi connectivity index (χ0) is 19.6. The van der Waals surface area contributed by atoms with Crippen LogP contribution in [0.15, 0.2) is 41.8 Å². The molecule has 2 heterocycles. The second-order valence-electron chi connectivity index (χ2n) is 6.94. The molecule has 1 aromatic carbocycles. The van der Waals surface area contributed by atoms with Crippen molar-refractivity contribution in [1.82, 2.24) is 14.1 Å². The third-order valence-electron chi connectivity index (χ3n) is 5.27. The lowest BCUT2D eigenvalue weighted by molar-refractivity contribution is -0.157. The van der Waals surface area contributed by atoms with Gasteiger partial charge in [0.1, 0.15) is 0 Å². The lowest BCUT2D eigenvalue weighted by atomic mass is 10.0. The second-order valence-corrected chi connectivity index (χ2v) is 8.85. The Kier molecular flexibility index (Phi) is 5.67. The van der Waals surface area contributed by atoms with E-state index in [-0.39, 0.29) is 6.04 Å². The van der Waals surface area contributed by atoms with Crippen LogP contribution in [0.4, 0.5) is 0 Å². The fourth-order valence-electron chi connectivity index (χ4n) is 3.75. The van der Waals surface area contributed by atoms with Gasteiger partial charge in [-0.05, 0) is 31.4 Å². The van der Waals surface area contributed by atoms with E-state index in [1.54, 1.807) is 36.1 Å². The summed E-state index contributed by atoms with van der Waals surface area (Å²) < 4.78 is 27.3. The van der Waals surface area contributed by atoms with Crippen LogP contribution < -0.4 is 0 Å². The summed E-state index contributed by atoms with van der Waals surface area (Å²) in [6, 6.07) is 6.84. The topological polar surface area (TPSA) is 78.0 Å². The van der Waals surface area contributed by atoms with E-state index in [9.17, 15) is 18.0 Å². The summed E-state index contributed by atoms with van der Waals surface area (Å²) in [6.07, 6.45) is 2.67. The predicted molar refractivity (Wildman–Crippen MR) is 101 cm³/mol. The normalized spacial score (nSPS) is 20.2. The average molecular weight is 391 g/mol. The molecule has 0 saturated carbocycles. The lowest BCUT2D eigenvalue weighted by Crippen LogP contribution is -2.59. The Morgan fingerprint density at radius 1 is 1.07 bits per heavy atom. The van der Waals surface area contributed by atoms with E-state index in [4.69, 9.17) is 0 Å². The minimum absolute atomic E-state index is 0.101. The Bertz CT molecular complexity index is 844. The Morgan fingerprint density at radius 3 is 2.37 bits per heavy atom. The number of carbonyl (C=O) groups is 2. The summed E-state index contributed by atoms with van der Waals surface area (Å²) in [5, 5.41) is 0. The molecule has 2 aliphatic rings. The first-order valence-electron chi connectivity index (χ1n) is 9.13. The maximum Gasteiger partial charge on any atom is 0.312 e. The third kappa shape index (κ3) is 3.77. The number of amides is 2. The van der Waals surface area contributed by atoms with Crippen LogP contribution in [0.1, 0.15) is 18.4 Å². The molecular weight excluding hydrogens is 366 g/mol. The molecule has 0 unspecified atom stereocenters. The van der Waals surface area contributed by atoms with Crippen molar-refractivity contribution in [2.75, 3.05) is 32.7 Å². The predicted octanol–water partition coefficient (Wildman–Crippen LogP) is 1.00. The van der Waals surface area contributed by atoms with Gasteiger partial charge in [0.05, 0.1) is 4.90 Å². The number of sulfonamides is 1. The molecule has 0 aromatic heterocycles. The van der Waals surface area contributed by atoms with Gasteiger partial charge >= 0.3 is 11.8 Å². The quantitative estimate of drug-likeness (QED) is 0.554. The van der Waals surface area contributed by atoms with Crippen LogP contribution in [0.2, 0.25) is 0 Å². The van der Waals surface area contributed by atoms with Crippen molar-refractivity contribution in [3.05, 3.63) is 42.5 Å². The molecule has 2 aliphatic heterocycles. The molecule has 1 aromatic rings. The van der Waals surface area contributed by atoms with Gasteiger partial charge in [0.15, 0.2) is 0 Å². The van der Waals surface area contributed by atoms with E-state index in [0.717, 1.165) is 5.56 Å². The Balaban J connectivity index is 1.66. The fourth-order valence-corrected chi connectivity index (χ4v) is 5.44. The van der Waals surface area contributed by atoms with Crippen molar-refractivity contribution in [3.63, 3.8) is 0 Å². The van der Waals surface area contributed by atoms with Gasteiger partial charge in [0.2, 0.25) is 10.0 Å². The zero-order valence-corrected chi connectivity index (χ0v) is 16.3. The second kappa shape index (κ2) is 7.82. The van der Waals surface area contributed by atoms with Crippen LogP contribution >= 0.6 is 0 Å². The first-order valence-corrected chi connectivity index (χ1v) is 10.6. The van der Waals surface area contributed by atoms with Crippen LogP contribution in [-0.2, 0) is 19.6 Å². The number of piperazine rings is 1. The standard InChI is InChI=1S/C19H25N3O4S/c1-3-10-20-13-14-22(19(24)18(20)23)16-8-11-21(12-9-16)27(25,26)17-7-5-4-6-15(17)2/h3-7,16H,1,8-14H2,2H3. The fraction of sp³-hybridized carbons (Fsp3) is 0.474. The van der Waals surface area contributed by atoms with Crippen LogP contribution in [-0.4, -0.2) is 73.1 Å². The van der Waals surface area contributed by atoms with Crippen molar-refractivity contribution in [2.24, 2.45) is 0 Å². The molecule has 0 spiro atoms. The number of piperidine rings is 1. The van der Waals surface area contributed by atoms with E-state index in [0.29, 0.717) is 50.5 Å². The van der Waals surface area contributed by atoms with Gasteiger partial charge in [-0.15, -0.1) is 6.58 Å². The molecule has 27 heavy (non-hydrogen) atoms. The van der Waals surface area contributed by atoms with Gasteiger partial charge < -0.3 is 9.80 Å². The van der Waals surface area contributed by atoms with E-state index in [1.807, 2.05) is 6.07 Å². The molecule has 146 valence electrons. The van der Waals surface area contributed by atoms with Crippen LogP contribution in [0.3, 0.4) is 0 Å². The summed E-state index contributed by atoms with van der Waals surface area (Å²) in [4.78, 5) is 28.0. The summed E-state index contributed by atoms with van der Waals surface area (Å²) in [7, 11) is -3.54. The zero-order valence-electron chi connectivity index (χ0n) is 15.5. The number of aryl methyl sites for hydroxylation is 1. The molecule has 3 rings (SSSR count). The van der Waals surface area contributed by atoms with Crippen molar-refractivity contribution in [3.8, 4) is 0 Å². The molecular formula is C19H25N3O4S. The molecule has 2 amide bonds. The van der Waals surface area contributed by atoms with Crippen molar-refractivity contribution >= 4 is 21.8 Å². The minimum Gasteiger partial charge on any atom is -0.330 e. The molecule has 0 atom stereocenters. The van der Waals surface area contributed by atoms with Crippen molar-refractivity contribution in [2.45, 2.75) is 30.7 Å². The number of benzene rings is 1. The summed E-state index contributed by atoms with van der Waals surface area (Å²) in [5.41, 5.74) is 0.721. The smallest absolute Gasteiger partial charge is 0.312 e. The molecule has 2 fully saturated rings. The number of nitrogens with zero attached hydrogens (tertiary/aromatic N) is 3. The monoisotopic (exact) mass is 391 g/mol. The minimum atomic E-state index is -3.54. The van der Waals surface area contributed by atoms with Crippen LogP contribution in [0, 0.1) is 6.92 Å². The summed E-state index contributed by atoms with van der Waals surface area (Å²) >= 11 is 0. The summed E-state index contributed by atoms with van der Waals surface area (Å²) in [5.74, 6) is -1.00. The highest BCUT2D eigenvalue weighted by molar-refractivity contribution is 7.89. The van der Waals surface area contributed by atoms with Gasteiger partial charge in [-0.25, -0.2) is 8.42 Å². The van der Waals surface area contributed by atoms with Crippen LogP contribution in [0.5, 0.6) is 0 Å². The molecule has 7 nitrogen and oxygen atoms in total. The van der Waals surface area contributed by atoms with E-state index in [1.165, 1.54) is 9.21 Å². The SMILES string of the molecule is C=CCN1CCN(C2CCN(S(=O)(=O)c3ccccc3C)CC2)C(=O)C1=O. The average Bonchev–Trinajstić information content (AvgIpc) is 2.66. The molecule has 8 heteroatoms. The number of rotatable bonds is 5. The van der Waals surface area contributed by atoms with E-state index >= 15 is 0 Å². The Labute approximate surface area is 160 Å². The van der Waals surface area contributed by atoms with Gasteiger partial charge in [-0.3, -0.25) is 9.59 Å². The maximum absolute atomic E-state index is 12.9. The van der Waals surface area contributed by atoms with E-state index < -0.39 is 21.8 Å². The van der Waals surface area contributed by atoms with E-state index in [2.05, 4.69) is 6.58 Å². The Hall–Kier alpha value is -2.19. The lowest BCUT2D eigenvalue weighted by Gasteiger charge is -2.41. The van der Waals surface area contributed by atoms with Gasteiger partial charge in [-0.1, -0.05) is 24.3 Å². The van der Waals surface area contributed by atoms with Gasteiger partial charge in [-0.2, -0.15) is 4.31 Å².